The maximum Gasteiger partial charge on any atom is 0.327 e. The van der Waals surface area contributed by atoms with Crippen molar-refractivity contribution in [2.75, 3.05) is 0 Å². The molecule has 1 aromatic heterocycles. The first-order valence-electron chi connectivity index (χ1n) is 10.0. The van der Waals surface area contributed by atoms with Crippen LogP contribution in [-0.4, -0.2) is 12.5 Å². The highest BCUT2D eigenvalue weighted by molar-refractivity contribution is 6.68. The van der Waals surface area contributed by atoms with Crippen molar-refractivity contribution in [2.45, 2.75) is 39.6 Å². The van der Waals surface area contributed by atoms with Gasteiger partial charge in [-0.3, -0.25) is 0 Å². The van der Waals surface area contributed by atoms with Gasteiger partial charge in [0.2, 0.25) is 0 Å². The van der Waals surface area contributed by atoms with Crippen molar-refractivity contribution >= 4 is 34.3 Å². The molecule has 140 valence electrons. The van der Waals surface area contributed by atoms with Crippen LogP contribution in [-0.2, 0) is 4.65 Å². The molecule has 1 saturated heterocycles. The van der Waals surface area contributed by atoms with E-state index in [1.54, 1.807) is 0 Å². The molecule has 4 aromatic rings. The molecule has 2 nitrogen and oxygen atoms in total. The third-order valence-electron chi connectivity index (χ3n) is 6.73. The largest absolute Gasteiger partial charge is 0.456 e. The van der Waals surface area contributed by atoms with Gasteiger partial charge in [0.15, 0.2) is 0 Å². The molecule has 0 N–H and O–H groups in total. The average Bonchev–Trinajstić information content (AvgIpc) is 3.15. The predicted molar refractivity (Wildman–Crippen MR) is 118 cm³/mol. The van der Waals surface area contributed by atoms with Crippen LogP contribution in [0.3, 0.4) is 0 Å². The van der Waals surface area contributed by atoms with E-state index in [9.17, 15) is 0 Å². The average molecular weight is 368 g/mol. The van der Waals surface area contributed by atoms with Crippen molar-refractivity contribution in [2.24, 2.45) is 5.41 Å². The summed E-state index contributed by atoms with van der Waals surface area (Å²) in [5.41, 5.74) is 5.52. The monoisotopic (exact) mass is 368 g/mol. The molecule has 28 heavy (non-hydrogen) atoms. The zero-order valence-electron chi connectivity index (χ0n) is 17.0. The van der Waals surface area contributed by atoms with E-state index >= 15 is 0 Å². The Balaban J connectivity index is 1.54. The summed E-state index contributed by atoms with van der Waals surface area (Å²) in [5, 5.41) is 2.33. The summed E-state index contributed by atoms with van der Waals surface area (Å²) >= 11 is 0. The SMILES string of the molecule is CC1(C)CB(c2cccc(-c3ccc4c(c3)oc3ccccc34)c2)OC1(C)C. The van der Waals surface area contributed by atoms with Crippen molar-refractivity contribution in [1.29, 1.82) is 0 Å². The third-order valence-corrected chi connectivity index (χ3v) is 6.73. The van der Waals surface area contributed by atoms with Gasteiger partial charge in [-0.2, -0.15) is 0 Å². The Hall–Kier alpha value is -2.52. The summed E-state index contributed by atoms with van der Waals surface area (Å²) in [6.07, 6.45) is 1.03. The second-order valence-corrected chi connectivity index (χ2v) is 9.14. The summed E-state index contributed by atoms with van der Waals surface area (Å²) < 4.78 is 12.5. The van der Waals surface area contributed by atoms with Gasteiger partial charge in [0, 0.05) is 10.8 Å². The van der Waals surface area contributed by atoms with E-state index < -0.39 is 0 Å². The van der Waals surface area contributed by atoms with E-state index in [0.29, 0.717) is 0 Å². The summed E-state index contributed by atoms with van der Waals surface area (Å²) in [7, 11) is 0. The molecular formula is C25H25BO2. The fourth-order valence-electron chi connectivity index (χ4n) is 4.28. The van der Waals surface area contributed by atoms with Crippen LogP contribution >= 0.6 is 0 Å². The molecule has 0 radical (unpaired) electrons. The highest BCUT2D eigenvalue weighted by atomic mass is 16.5. The van der Waals surface area contributed by atoms with Crippen LogP contribution in [0.2, 0.25) is 6.32 Å². The second-order valence-electron chi connectivity index (χ2n) is 9.14. The zero-order chi connectivity index (χ0) is 19.5. The first-order valence-corrected chi connectivity index (χ1v) is 10.0. The fourth-order valence-corrected chi connectivity index (χ4v) is 4.28. The predicted octanol–water partition coefficient (Wildman–Crippen LogP) is 6.29. The first kappa shape index (κ1) is 17.6. The molecule has 2 heterocycles. The van der Waals surface area contributed by atoms with E-state index in [1.807, 2.05) is 12.1 Å². The summed E-state index contributed by atoms with van der Waals surface area (Å²) in [6, 6.07) is 23.5. The van der Waals surface area contributed by atoms with Gasteiger partial charge in [0.1, 0.15) is 11.2 Å². The molecular weight excluding hydrogens is 343 g/mol. The van der Waals surface area contributed by atoms with Crippen molar-refractivity contribution in [3.05, 3.63) is 66.7 Å². The van der Waals surface area contributed by atoms with Gasteiger partial charge < -0.3 is 9.07 Å². The number of hydrogen-bond donors (Lipinski definition) is 0. The number of benzene rings is 3. The van der Waals surface area contributed by atoms with Gasteiger partial charge >= 0.3 is 6.92 Å². The second kappa shape index (κ2) is 5.99. The van der Waals surface area contributed by atoms with Crippen LogP contribution in [0.4, 0.5) is 0 Å². The van der Waals surface area contributed by atoms with E-state index in [0.717, 1.165) is 22.9 Å². The summed E-state index contributed by atoms with van der Waals surface area (Å²) in [6.45, 7) is 9.14. The molecule has 1 fully saturated rings. The van der Waals surface area contributed by atoms with Crippen molar-refractivity contribution in [1.82, 2.24) is 0 Å². The molecule has 0 aliphatic carbocycles. The van der Waals surface area contributed by atoms with Crippen molar-refractivity contribution < 1.29 is 9.07 Å². The normalized spacial score (nSPS) is 18.2. The molecule has 3 aromatic carbocycles. The van der Waals surface area contributed by atoms with Crippen molar-refractivity contribution in [3.63, 3.8) is 0 Å². The van der Waals surface area contributed by atoms with E-state index in [2.05, 4.69) is 82.3 Å². The lowest BCUT2D eigenvalue weighted by molar-refractivity contribution is 0.0375. The Labute approximate surface area is 166 Å². The smallest absolute Gasteiger partial charge is 0.327 e. The Bertz CT molecular complexity index is 1170. The maximum atomic E-state index is 6.43. The summed E-state index contributed by atoms with van der Waals surface area (Å²) in [4.78, 5) is 0. The zero-order valence-corrected chi connectivity index (χ0v) is 17.0. The third kappa shape index (κ3) is 2.69. The Morgan fingerprint density at radius 3 is 2.29 bits per heavy atom. The molecule has 5 rings (SSSR count). The molecule has 1 aliphatic heterocycles. The number of para-hydroxylation sites is 1. The lowest BCUT2D eigenvalue weighted by Gasteiger charge is -2.34. The lowest BCUT2D eigenvalue weighted by Crippen LogP contribution is -2.36. The van der Waals surface area contributed by atoms with Gasteiger partial charge in [0.25, 0.3) is 0 Å². The van der Waals surface area contributed by atoms with E-state index in [-0.39, 0.29) is 17.9 Å². The minimum atomic E-state index is -0.124. The molecule has 1 aliphatic rings. The molecule has 3 heteroatoms. The van der Waals surface area contributed by atoms with Crippen LogP contribution in [0.15, 0.2) is 71.1 Å². The minimum Gasteiger partial charge on any atom is -0.456 e. The molecule has 0 bridgehead atoms. The Kier molecular flexibility index (Phi) is 3.76. The van der Waals surface area contributed by atoms with Crippen LogP contribution < -0.4 is 5.46 Å². The highest BCUT2D eigenvalue weighted by Crippen LogP contribution is 2.45. The summed E-state index contributed by atoms with van der Waals surface area (Å²) in [5.74, 6) is 0. The van der Waals surface area contributed by atoms with Gasteiger partial charge in [-0.15, -0.1) is 0 Å². The van der Waals surface area contributed by atoms with Gasteiger partial charge in [0.05, 0.1) is 5.60 Å². The number of rotatable bonds is 2. The number of hydrogen-bond acceptors (Lipinski definition) is 2. The van der Waals surface area contributed by atoms with E-state index in [1.165, 1.54) is 22.0 Å². The fraction of sp³-hybridized carbons (Fsp3) is 0.280. The first-order chi connectivity index (χ1) is 13.3. The van der Waals surface area contributed by atoms with Gasteiger partial charge in [-0.1, -0.05) is 62.4 Å². The van der Waals surface area contributed by atoms with Crippen molar-refractivity contribution in [3.8, 4) is 11.1 Å². The number of fused-ring (bicyclic) bond motifs is 3. The highest BCUT2D eigenvalue weighted by Gasteiger charge is 2.49. The maximum absolute atomic E-state index is 6.43. The Morgan fingerprint density at radius 1 is 0.750 bits per heavy atom. The van der Waals surface area contributed by atoms with Crippen LogP contribution in [0.5, 0.6) is 0 Å². The lowest BCUT2D eigenvalue weighted by atomic mass is 9.54. The molecule has 0 unspecified atom stereocenters. The van der Waals surface area contributed by atoms with Gasteiger partial charge in [-0.05, 0) is 60.4 Å². The Morgan fingerprint density at radius 2 is 1.50 bits per heavy atom. The minimum absolute atomic E-state index is 0.124. The van der Waals surface area contributed by atoms with Crippen LogP contribution in [0.25, 0.3) is 33.1 Å². The molecule has 0 spiro atoms. The van der Waals surface area contributed by atoms with Crippen LogP contribution in [0, 0.1) is 5.41 Å². The quantitative estimate of drug-likeness (QED) is 0.388. The van der Waals surface area contributed by atoms with Gasteiger partial charge in [-0.25, -0.2) is 0 Å². The topological polar surface area (TPSA) is 22.4 Å². The molecule has 0 amide bonds. The van der Waals surface area contributed by atoms with E-state index in [4.69, 9.17) is 9.07 Å². The molecule has 0 saturated carbocycles. The standard InChI is InChI=1S/C25H25BO2/c1-24(2)16-26(28-25(24,3)4)19-9-7-8-17(14-19)18-12-13-21-20-10-5-6-11-22(20)27-23(21)15-18/h5-15H,16H2,1-4H3. The van der Waals surface area contributed by atoms with Crippen LogP contribution in [0.1, 0.15) is 27.7 Å². The molecule has 0 atom stereocenters. The number of furan rings is 1.